The third-order valence-corrected chi connectivity index (χ3v) is 5.48. The summed E-state index contributed by atoms with van der Waals surface area (Å²) < 4.78 is 26.7. The van der Waals surface area contributed by atoms with Gasteiger partial charge in [0.05, 0.1) is 16.2 Å². The highest BCUT2D eigenvalue weighted by Crippen LogP contribution is 2.32. The zero-order valence-corrected chi connectivity index (χ0v) is 13.8. The van der Waals surface area contributed by atoms with E-state index in [-0.39, 0.29) is 16.8 Å². The summed E-state index contributed by atoms with van der Waals surface area (Å²) in [5.74, 6) is -0.799. The number of benzene rings is 2. The molecule has 0 saturated carbocycles. The maximum atomic E-state index is 12.9. The molecule has 0 aliphatic rings. The molecule has 0 saturated heterocycles. The standard InChI is InChI=1S/C15H15N3O5S/c1-10-6-5-9-13(18(20)21)14(10)24(22,23)17(2)12-8-4-3-7-11(12)15(16)19/h3-9H,1-2H3,(H2,16,19). The molecule has 1 amide bonds. The largest absolute Gasteiger partial charge is 0.366 e. The number of hydrogen-bond acceptors (Lipinski definition) is 5. The summed E-state index contributed by atoms with van der Waals surface area (Å²) in [6, 6.07) is 9.86. The lowest BCUT2D eigenvalue weighted by molar-refractivity contribution is -0.387. The average Bonchev–Trinajstić information content (AvgIpc) is 2.53. The fourth-order valence-electron chi connectivity index (χ4n) is 2.34. The number of sulfonamides is 1. The normalized spacial score (nSPS) is 11.1. The molecule has 0 aliphatic heterocycles. The van der Waals surface area contributed by atoms with Crippen LogP contribution in [0.5, 0.6) is 0 Å². The molecule has 9 heteroatoms. The lowest BCUT2D eigenvalue weighted by Gasteiger charge is -2.22. The van der Waals surface area contributed by atoms with Gasteiger partial charge < -0.3 is 5.73 Å². The Morgan fingerprint density at radius 1 is 1.17 bits per heavy atom. The molecule has 24 heavy (non-hydrogen) atoms. The Morgan fingerprint density at radius 3 is 2.38 bits per heavy atom. The highest BCUT2D eigenvalue weighted by Gasteiger charge is 2.32. The van der Waals surface area contributed by atoms with Crippen LogP contribution >= 0.6 is 0 Å². The van der Waals surface area contributed by atoms with Crippen molar-refractivity contribution in [2.24, 2.45) is 5.73 Å². The predicted molar refractivity (Wildman–Crippen MR) is 88.4 cm³/mol. The van der Waals surface area contributed by atoms with Crippen molar-refractivity contribution < 1.29 is 18.1 Å². The lowest BCUT2D eigenvalue weighted by Crippen LogP contribution is -2.30. The van der Waals surface area contributed by atoms with Crippen LogP contribution in [-0.2, 0) is 10.0 Å². The molecule has 0 radical (unpaired) electrons. The molecule has 0 spiro atoms. The van der Waals surface area contributed by atoms with E-state index in [1.54, 1.807) is 12.1 Å². The molecule has 0 aromatic heterocycles. The van der Waals surface area contributed by atoms with Crippen molar-refractivity contribution >= 4 is 27.3 Å². The van der Waals surface area contributed by atoms with Crippen molar-refractivity contribution in [3.63, 3.8) is 0 Å². The predicted octanol–water partition coefficient (Wildman–Crippen LogP) is 1.83. The fourth-order valence-corrected chi connectivity index (χ4v) is 3.91. The van der Waals surface area contributed by atoms with Crippen LogP contribution in [0.25, 0.3) is 0 Å². The first kappa shape index (κ1) is 17.4. The minimum atomic E-state index is -4.27. The van der Waals surface area contributed by atoms with Crippen LogP contribution in [0.4, 0.5) is 11.4 Å². The molecular weight excluding hydrogens is 334 g/mol. The maximum Gasteiger partial charge on any atom is 0.290 e. The van der Waals surface area contributed by atoms with Crippen LogP contribution in [0.3, 0.4) is 0 Å². The van der Waals surface area contributed by atoms with Gasteiger partial charge in [0, 0.05) is 13.1 Å². The summed E-state index contributed by atoms with van der Waals surface area (Å²) in [5, 5.41) is 11.2. The number of amides is 1. The van der Waals surface area contributed by atoms with Crippen LogP contribution in [-0.4, -0.2) is 26.3 Å². The SMILES string of the molecule is Cc1cccc([N+](=O)[O-])c1S(=O)(=O)N(C)c1ccccc1C(N)=O. The van der Waals surface area contributed by atoms with Gasteiger partial charge in [0.2, 0.25) is 0 Å². The first-order valence-electron chi connectivity index (χ1n) is 6.79. The second-order valence-corrected chi connectivity index (χ2v) is 6.94. The minimum Gasteiger partial charge on any atom is -0.366 e. The summed E-state index contributed by atoms with van der Waals surface area (Å²) in [5.41, 5.74) is 5.02. The highest BCUT2D eigenvalue weighted by atomic mass is 32.2. The number of carbonyl (C=O) groups is 1. The Labute approximate surface area is 138 Å². The van der Waals surface area contributed by atoms with E-state index >= 15 is 0 Å². The van der Waals surface area contributed by atoms with Gasteiger partial charge in [-0.1, -0.05) is 24.3 Å². The number of nitrogens with zero attached hydrogens (tertiary/aromatic N) is 2. The van der Waals surface area contributed by atoms with Crippen molar-refractivity contribution in [3.05, 3.63) is 63.7 Å². The van der Waals surface area contributed by atoms with E-state index in [1.165, 1.54) is 38.2 Å². The third kappa shape index (κ3) is 2.93. The summed E-state index contributed by atoms with van der Waals surface area (Å²) in [6.45, 7) is 1.47. The summed E-state index contributed by atoms with van der Waals surface area (Å²) in [6.07, 6.45) is 0. The lowest BCUT2D eigenvalue weighted by atomic mass is 10.2. The number of hydrogen-bond donors (Lipinski definition) is 1. The second-order valence-electron chi connectivity index (χ2n) is 5.03. The molecule has 0 bridgehead atoms. The van der Waals surface area contributed by atoms with E-state index in [2.05, 4.69) is 0 Å². The van der Waals surface area contributed by atoms with Crippen molar-refractivity contribution in [1.29, 1.82) is 0 Å². The summed E-state index contributed by atoms with van der Waals surface area (Å²) >= 11 is 0. The van der Waals surface area contributed by atoms with Crippen LogP contribution in [0.2, 0.25) is 0 Å². The van der Waals surface area contributed by atoms with Crippen molar-refractivity contribution in [3.8, 4) is 0 Å². The smallest absolute Gasteiger partial charge is 0.290 e. The summed E-state index contributed by atoms with van der Waals surface area (Å²) in [7, 11) is -3.05. The number of carbonyl (C=O) groups excluding carboxylic acids is 1. The van der Waals surface area contributed by atoms with Crippen LogP contribution in [0, 0.1) is 17.0 Å². The van der Waals surface area contributed by atoms with Crippen molar-refractivity contribution in [1.82, 2.24) is 0 Å². The molecule has 0 fully saturated rings. The van der Waals surface area contributed by atoms with E-state index in [9.17, 15) is 23.3 Å². The van der Waals surface area contributed by atoms with E-state index in [0.29, 0.717) is 0 Å². The molecule has 0 aliphatic carbocycles. The van der Waals surface area contributed by atoms with Gasteiger partial charge in [0.25, 0.3) is 21.6 Å². The zero-order chi connectivity index (χ0) is 18.1. The number of nitro groups is 1. The minimum absolute atomic E-state index is 0.000174. The third-order valence-electron chi connectivity index (χ3n) is 3.52. The van der Waals surface area contributed by atoms with Gasteiger partial charge >= 0.3 is 0 Å². The number of anilines is 1. The quantitative estimate of drug-likeness (QED) is 0.651. The number of rotatable bonds is 5. The number of aryl methyl sites for hydroxylation is 1. The van der Waals surface area contributed by atoms with Gasteiger partial charge in [-0.2, -0.15) is 0 Å². The second kappa shape index (κ2) is 6.28. The molecule has 0 unspecified atom stereocenters. The van der Waals surface area contributed by atoms with E-state index in [1.807, 2.05) is 0 Å². The van der Waals surface area contributed by atoms with Gasteiger partial charge in [-0.3, -0.25) is 19.2 Å². The Balaban J connectivity index is 2.69. The number of nitrogens with two attached hydrogens (primary N) is 1. The fraction of sp³-hybridized carbons (Fsp3) is 0.133. The maximum absolute atomic E-state index is 12.9. The van der Waals surface area contributed by atoms with Crippen molar-refractivity contribution in [2.45, 2.75) is 11.8 Å². The molecule has 126 valence electrons. The average molecular weight is 349 g/mol. The first-order chi connectivity index (χ1) is 11.2. The monoisotopic (exact) mass is 349 g/mol. The van der Waals surface area contributed by atoms with Gasteiger partial charge in [0.1, 0.15) is 0 Å². The zero-order valence-electron chi connectivity index (χ0n) is 13.0. The molecular formula is C15H15N3O5S. The van der Waals surface area contributed by atoms with Crippen LogP contribution in [0.15, 0.2) is 47.4 Å². The molecule has 2 rings (SSSR count). The van der Waals surface area contributed by atoms with E-state index < -0.39 is 31.4 Å². The molecule has 8 nitrogen and oxygen atoms in total. The number of primary amides is 1. The topological polar surface area (TPSA) is 124 Å². The Morgan fingerprint density at radius 2 is 1.79 bits per heavy atom. The van der Waals surface area contributed by atoms with Gasteiger partial charge in [-0.15, -0.1) is 0 Å². The highest BCUT2D eigenvalue weighted by molar-refractivity contribution is 7.93. The van der Waals surface area contributed by atoms with E-state index in [4.69, 9.17) is 5.73 Å². The summed E-state index contributed by atoms with van der Waals surface area (Å²) in [4.78, 5) is 21.6. The van der Waals surface area contributed by atoms with Crippen LogP contribution < -0.4 is 10.0 Å². The Kier molecular flexibility index (Phi) is 4.56. The molecule has 2 aromatic carbocycles. The number of nitro benzene ring substituents is 1. The van der Waals surface area contributed by atoms with E-state index in [0.717, 1.165) is 10.4 Å². The molecule has 0 heterocycles. The molecule has 2 N–H and O–H groups in total. The molecule has 2 aromatic rings. The molecule has 0 atom stereocenters. The Bertz CT molecular complexity index is 924. The Hall–Kier alpha value is -2.94. The van der Waals surface area contributed by atoms with Gasteiger partial charge in [-0.05, 0) is 24.6 Å². The van der Waals surface area contributed by atoms with Gasteiger partial charge in [0.15, 0.2) is 4.90 Å². The van der Waals surface area contributed by atoms with Crippen LogP contribution in [0.1, 0.15) is 15.9 Å². The van der Waals surface area contributed by atoms with Crippen molar-refractivity contribution in [2.75, 3.05) is 11.4 Å². The first-order valence-corrected chi connectivity index (χ1v) is 8.23. The van der Waals surface area contributed by atoms with Gasteiger partial charge in [-0.25, -0.2) is 8.42 Å². The number of para-hydroxylation sites is 1.